The summed E-state index contributed by atoms with van der Waals surface area (Å²) in [4.78, 5) is 12.3. The van der Waals surface area contributed by atoms with Gasteiger partial charge in [0.15, 0.2) is 6.23 Å². The molecule has 1 heterocycles. The minimum Gasteiger partial charge on any atom is -0.371 e. The lowest BCUT2D eigenvalue weighted by Gasteiger charge is -2.16. The van der Waals surface area contributed by atoms with E-state index in [4.69, 9.17) is 0 Å². The Morgan fingerprint density at radius 2 is 1.65 bits per heavy atom. The second-order valence-corrected chi connectivity index (χ2v) is 4.61. The molecule has 1 atom stereocenters. The van der Waals surface area contributed by atoms with Gasteiger partial charge in [0.05, 0.1) is 5.71 Å². The number of benzene rings is 2. The molecule has 0 fully saturated rings. The third kappa shape index (κ3) is 2.33. The summed E-state index contributed by atoms with van der Waals surface area (Å²) >= 11 is 0. The number of hydrazone groups is 1. The molecular formula is C16H14N2O2. The first-order valence-electron chi connectivity index (χ1n) is 6.45. The van der Waals surface area contributed by atoms with Gasteiger partial charge in [-0.1, -0.05) is 48.5 Å². The van der Waals surface area contributed by atoms with Crippen LogP contribution in [0.1, 0.15) is 22.3 Å². The van der Waals surface area contributed by atoms with E-state index < -0.39 is 6.23 Å². The van der Waals surface area contributed by atoms with Crippen LogP contribution < -0.4 is 0 Å². The van der Waals surface area contributed by atoms with E-state index in [1.807, 2.05) is 36.4 Å². The van der Waals surface area contributed by atoms with Crippen molar-refractivity contribution in [3.8, 4) is 0 Å². The van der Waals surface area contributed by atoms with Gasteiger partial charge in [-0.05, 0) is 17.7 Å². The van der Waals surface area contributed by atoms with Crippen LogP contribution in [0.25, 0.3) is 0 Å². The SMILES string of the molecule is O=C(c1ccccc1)N1N=C(c2ccccc2)CC1O. The van der Waals surface area contributed by atoms with Gasteiger partial charge in [-0.3, -0.25) is 4.79 Å². The minimum atomic E-state index is -0.905. The van der Waals surface area contributed by atoms with Crippen LogP contribution in [0.4, 0.5) is 0 Å². The molecule has 1 aliphatic heterocycles. The summed E-state index contributed by atoms with van der Waals surface area (Å²) < 4.78 is 0. The van der Waals surface area contributed by atoms with Crippen LogP contribution in [-0.2, 0) is 0 Å². The van der Waals surface area contributed by atoms with Gasteiger partial charge in [0.1, 0.15) is 0 Å². The molecule has 0 aliphatic carbocycles. The quantitative estimate of drug-likeness (QED) is 0.906. The fourth-order valence-corrected chi connectivity index (χ4v) is 2.20. The van der Waals surface area contributed by atoms with Crippen molar-refractivity contribution in [2.24, 2.45) is 5.10 Å². The van der Waals surface area contributed by atoms with Crippen molar-refractivity contribution in [3.05, 3.63) is 71.8 Å². The van der Waals surface area contributed by atoms with E-state index >= 15 is 0 Å². The Morgan fingerprint density at radius 3 is 2.30 bits per heavy atom. The molecule has 0 bridgehead atoms. The summed E-state index contributed by atoms with van der Waals surface area (Å²) in [5.41, 5.74) is 2.17. The summed E-state index contributed by atoms with van der Waals surface area (Å²) in [6.45, 7) is 0. The number of hydrogen-bond acceptors (Lipinski definition) is 3. The number of aliphatic hydroxyl groups is 1. The van der Waals surface area contributed by atoms with E-state index in [0.29, 0.717) is 12.0 Å². The number of amides is 1. The van der Waals surface area contributed by atoms with Crippen molar-refractivity contribution in [2.75, 3.05) is 0 Å². The molecule has 100 valence electrons. The Balaban J connectivity index is 1.88. The molecule has 0 radical (unpaired) electrons. The van der Waals surface area contributed by atoms with Crippen molar-refractivity contribution in [2.45, 2.75) is 12.6 Å². The molecule has 4 heteroatoms. The van der Waals surface area contributed by atoms with Gasteiger partial charge in [-0.2, -0.15) is 10.1 Å². The van der Waals surface area contributed by atoms with Crippen molar-refractivity contribution in [1.29, 1.82) is 0 Å². The van der Waals surface area contributed by atoms with Crippen molar-refractivity contribution in [1.82, 2.24) is 5.01 Å². The molecule has 4 nitrogen and oxygen atoms in total. The maximum absolute atomic E-state index is 12.3. The first-order valence-corrected chi connectivity index (χ1v) is 6.45. The van der Waals surface area contributed by atoms with Crippen LogP contribution in [0.15, 0.2) is 65.8 Å². The van der Waals surface area contributed by atoms with Crippen LogP contribution in [0, 0.1) is 0 Å². The highest BCUT2D eigenvalue weighted by Gasteiger charge is 2.30. The Kier molecular flexibility index (Phi) is 3.31. The highest BCUT2D eigenvalue weighted by Crippen LogP contribution is 2.20. The van der Waals surface area contributed by atoms with E-state index in [2.05, 4.69) is 5.10 Å². The number of carbonyl (C=O) groups is 1. The lowest BCUT2D eigenvalue weighted by molar-refractivity contribution is 0.0217. The highest BCUT2D eigenvalue weighted by atomic mass is 16.3. The maximum atomic E-state index is 12.3. The summed E-state index contributed by atoms with van der Waals surface area (Å²) in [5, 5.41) is 15.5. The lowest BCUT2D eigenvalue weighted by Crippen LogP contribution is -2.32. The Morgan fingerprint density at radius 1 is 1.05 bits per heavy atom. The lowest BCUT2D eigenvalue weighted by atomic mass is 10.1. The van der Waals surface area contributed by atoms with E-state index in [1.54, 1.807) is 24.3 Å². The van der Waals surface area contributed by atoms with E-state index in [9.17, 15) is 9.90 Å². The van der Waals surface area contributed by atoms with Crippen LogP contribution in [-0.4, -0.2) is 28.0 Å². The molecule has 20 heavy (non-hydrogen) atoms. The standard InChI is InChI=1S/C16H14N2O2/c19-15-11-14(12-7-3-1-4-8-12)17-18(15)16(20)13-9-5-2-6-10-13/h1-10,15,19H,11H2. The fourth-order valence-electron chi connectivity index (χ4n) is 2.20. The van der Waals surface area contributed by atoms with Crippen molar-refractivity contribution >= 4 is 11.6 Å². The second kappa shape index (κ2) is 5.27. The van der Waals surface area contributed by atoms with Gasteiger partial charge in [0.2, 0.25) is 0 Å². The topological polar surface area (TPSA) is 52.9 Å². The Bertz CT molecular complexity index is 638. The van der Waals surface area contributed by atoms with Crippen LogP contribution in [0.3, 0.4) is 0 Å². The largest absolute Gasteiger partial charge is 0.371 e. The smallest absolute Gasteiger partial charge is 0.276 e. The molecular weight excluding hydrogens is 252 g/mol. The van der Waals surface area contributed by atoms with Crippen molar-refractivity contribution < 1.29 is 9.90 Å². The number of rotatable bonds is 2. The fraction of sp³-hybridized carbons (Fsp3) is 0.125. The monoisotopic (exact) mass is 266 g/mol. The molecule has 0 aromatic heterocycles. The van der Waals surface area contributed by atoms with E-state index in [0.717, 1.165) is 16.3 Å². The molecule has 3 rings (SSSR count). The summed E-state index contributed by atoms with van der Waals surface area (Å²) in [7, 11) is 0. The van der Waals surface area contributed by atoms with Crippen LogP contribution in [0.5, 0.6) is 0 Å². The van der Waals surface area contributed by atoms with E-state index in [1.165, 1.54) is 0 Å². The van der Waals surface area contributed by atoms with Gasteiger partial charge in [-0.15, -0.1) is 0 Å². The molecule has 1 unspecified atom stereocenters. The molecule has 1 aliphatic rings. The molecule has 1 amide bonds. The molecule has 2 aromatic carbocycles. The molecule has 0 saturated heterocycles. The molecule has 2 aromatic rings. The molecule has 0 saturated carbocycles. The van der Waals surface area contributed by atoms with Gasteiger partial charge in [0.25, 0.3) is 5.91 Å². The maximum Gasteiger partial charge on any atom is 0.276 e. The normalized spacial score (nSPS) is 17.9. The van der Waals surface area contributed by atoms with Gasteiger partial charge < -0.3 is 5.11 Å². The highest BCUT2D eigenvalue weighted by molar-refractivity contribution is 6.04. The number of hydrogen-bond donors (Lipinski definition) is 1. The van der Waals surface area contributed by atoms with Crippen LogP contribution in [0.2, 0.25) is 0 Å². The Hall–Kier alpha value is -2.46. The first-order chi connectivity index (χ1) is 9.75. The van der Waals surface area contributed by atoms with Crippen LogP contribution >= 0.6 is 0 Å². The number of nitrogens with zero attached hydrogens (tertiary/aromatic N) is 2. The van der Waals surface area contributed by atoms with E-state index in [-0.39, 0.29) is 5.91 Å². The van der Waals surface area contributed by atoms with Crippen molar-refractivity contribution in [3.63, 3.8) is 0 Å². The number of carbonyl (C=O) groups excluding carboxylic acids is 1. The Labute approximate surface area is 117 Å². The first kappa shape index (κ1) is 12.6. The minimum absolute atomic E-state index is 0.288. The zero-order chi connectivity index (χ0) is 13.9. The number of aliphatic hydroxyl groups excluding tert-OH is 1. The predicted octanol–water partition coefficient (Wildman–Crippen LogP) is 2.26. The third-order valence-electron chi connectivity index (χ3n) is 3.22. The molecule has 1 N–H and O–H groups in total. The average Bonchev–Trinajstić information content (AvgIpc) is 2.90. The van der Waals surface area contributed by atoms with Gasteiger partial charge in [-0.25, -0.2) is 0 Å². The predicted molar refractivity (Wildman–Crippen MR) is 76.2 cm³/mol. The zero-order valence-electron chi connectivity index (χ0n) is 10.8. The summed E-state index contributed by atoms with van der Waals surface area (Å²) in [6.07, 6.45) is -0.555. The molecule has 0 spiro atoms. The third-order valence-corrected chi connectivity index (χ3v) is 3.22. The summed E-state index contributed by atoms with van der Waals surface area (Å²) in [5.74, 6) is -0.288. The summed E-state index contributed by atoms with van der Waals surface area (Å²) in [6, 6.07) is 18.4. The zero-order valence-corrected chi connectivity index (χ0v) is 10.8. The average molecular weight is 266 g/mol. The van der Waals surface area contributed by atoms with Gasteiger partial charge in [0, 0.05) is 12.0 Å². The second-order valence-electron chi connectivity index (χ2n) is 4.61. The van der Waals surface area contributed by atoms with Gasteiger partial charge >= 0.3 is 0 Å².